The normalized spacial score (nSPS) is 11.5. The van der Waals surface area contributed by atoms with Gasteiger partial charge in [-0.2, -0.15) is 0 Å². The maximum atomic E-state index is 12.6. The number of carbonyl (C=O) groups is 1. The summed E-state index contributed by atoms with van der Waals surface area (Å²) in [6.45, 7) is 1.64. The van der Waals surface area contributed by atoms with Crippen molar-refractivity contribution in [2.24, 2.45) is 0 Å². The van der Waals surface area contributed by atoms with Gasteiger partial charge in [0, 0.05) is 42.2 Å². The predicted molar refractivity (Wildman–Crippen MR) is 119 cm³/mol. The van der Waals surface area contributed by atoms with Gasteiger partial charge < -0.3 is 0 Å². The Labute approximate surface area is 187 Å². The molecular formula is C19H17ClN4O5S2. The predicted octanol–water partition coefficient (Wildman–Crippen LogP) is 4.18. The third kappa shape index (κ3) is 4.74. The van der Waals surface area contributed by atoms with Crippen molar-refractivity contribution >= 4 is 49.7 Å². The fraction of sp³-hybridized carbons (Fsp3) is 0.158. The SMILES string of the molecule is Cc1ccc(-c2csc(NC(=O)c3ccc(Cl)c(S(=O)(=O)N(C)C)c3)n2)cc1[N+](=O)[O-]. The molecule has 1 heterocycles. The van der Waals surface area contributed by atoms with Crippen molar-refractivity contribution in [3.8, 4) is 11.3 Å². The van der Waals surface area contributed by atoms with Crippen LogP contribution in [0.3, 0.4) is 0 Å². The Morgan fingerprint density at radius 3 is 2.58 bits per heavy atom. The van der Waals surface area contributed by atoms with Gasteiger partial charge in [0.25, 0.3) is 11.6 Å². The Bertz CT molecular complexity index is 1290. The first-order valence-electron chi connectivity index (χ1n) is 8.75. The zero-order chi connectivity index (χ0) is 22.9. The molecule has 0 aliphatic rings. The highest BCUT2D eigenvalue weighted by Gasteiger charge is 2.23. The number of nitro groups is 1. The van der Waals surface area contributed by atoms with Crippen LogP contribution in [0, 0.1) is 17.0 Å². The number of aryl methyl sites for hydroxylation is 1. The van der Waals surface area contributed by atoms with Gasteiger partial charge in [-0.1, -0.05) is 23.7 Å². The molecule has 0 bridgehead atoms. The summed E-state index contributed by atoms with van der Waals surface area (Å²) in [4.78, 5) is 27.4. The lowest BCUT2D eigenvalue weighted by molar-refractivity contribution is -0.385. The Morgan fingerprint density at radius 2 is 1.94 bits per heavy atom. The molecule has 0 spiro atoms. The van der Waals surface area contributed by atoms with Crippen LogP contribution in [-0.2, 0) is 10.0 Å². The number of carbonyl (C=O) groups excluding carboxylic acids is 1. The minimum Gasteiger partial charge on any atom is -0.298 e. The van der Waals surface area contributed by atoms with E-state index in [1.54, 1.807) is 24.4 Å². The van der Waals surface area contributed by atoms with Gasteiger partial charge in [-0.25, -0.2) is 17.7 Å². The first-order valence-corrected chi connectivity index (χ1v) is 11.4. The molecule has 0 aliphatic carbocycles. The van der Waals surface area contributed by atoms with E-state index in [9.17, 15) is 23.3 Å². The lowest BCUT2D eigenvalue weighted by Crippen LogP contribution is -2.23. The molecule has 1 amide bonds. The van der Waals surface area contributed by atoms with E-state index < -0.39 is 20.9 Å². The largest absolute Gasteiger partial charge is 0.298 e. The van der Waals surface area contributed by atoms with Crippen molar-refractivity contribution in [3.05, 3.63) is 68.0 Å². The van der Waals surface area contributed by atoms with Crippen LogP contribution in [-0.4, -0.2) is 42.6 Å². The second-order valence-electron chi connectivity index (χ2n) is 6.68. The Hall–Kier alpha value is -2.86. The molecule has 1 aromatic heterocycles. The topological polar surface area (TPSA) is 123 Å². The van der Waals surface area contributed by atoms with Crippen LogP contribution >= 0.6 is 22.9 Å². The van der Waals surface area contributed by atoms with Crippen molar-refractivity contribution in [1.82, 2.24) is 9.29 Å². The number of sulfonamides is 1. The fourth-order valence-corrected chi connectivity index (χ4v) is 4.75. The van der Waals surface area contributed by atoms with Crippen LogP contribution in [0.4, 0.5) is 10.8 Å². The molecule has 0 aliphatic heterocycles. The number of halogens is 1. The number of thiazole rings is 1. The van der Waals surface area contributed by atoms with Gasteiger partial charge in [0.05, 0.1) is 15.6 Å². The summed E-state index contributed by atoms with van der Waals surface area (Å²) in [6.07, 6.45) is 0. The van der Waals surface area contributed by atoms with Crippen LogP contribution in [0.5, 0.6) is 0 Å². The van der Waals surface area contributed by atoms with Crippen LogP contribution in [0.15, 0.2) is 46.7 Å². The van der Waals surface area contributed by atoms with Crippen molar-refractivity contribution in [3.63, 3.8) is 0 Å². The van der Waals surface area contributed by atoms with Crippen LogP contribution in [0.1, 0.15) is 15.9 Å². The third-order valence-electron chi connectivity index (χ3n) is 4.38. The highest BCUT2D eigenvalue weighted by Crippen LogP contribution is 2.30. The minimum absolute atomic E-state index is 0.00255. The summed E-state index contributed by atoms with van der Waals surface area (Å²) in [5, 5.41) is 15.7. The van der Waals surface area contributed by atoms with E-state index in [4.69, 9.17) is 11.6 Å². The molecule has 0 saturated carbocycles. The molecule has 9 nitrogen and oxygen atoms in total. The van der Waals surface area contributed by atoms with E-state index in [0.29, 0.717) is 16.8 Å². The zero-order valence-corrected chi connectivity index (χ0v) is 19.0. The Morgan fingerprint density at radius 1 is 1.23 bits per heavy atom. The molecular weight excluding hydrogens is 464 g/mol. The quantitative estimate of drug-likeness (QED) is 0.417. The summed E-state index contributed by atoms with van der Waals surface area (Å²) in [6, 6.07) is 8.71. The summed E-state index contributed by atoms with van der Waals surface area (Å²) in [7, 11) is -1.10. The monoisotopic (exact) mass is 480 g/mol. The standard InChI is InChI=1S/C19H17ClN4O5S2/c1-11-4-5-12(8-16(11)24(26)27)15-10-30-19(21-15)22-18(25)13-6-7-14(20)17(9-13)31(28,29)23(2)3/h4-10H,1-3H3,(H,21,22,25). The average Bonchev–Trinajstić information content (AvgIpc) is 3.16. The molecule has 12 heteroatoms. The maximum Gasteiger partial charge on any atom is 0.272 e. The number of benzene rings is 2. The highest BCUT2D eigenvalue weighted by atomic mass is 35.5. The fourth-order valence-electron chi connectivity index (χ4n) is 2.64. The lowest BCUT2D eigenvalue weighted by Gasteiger charge is -2.13. The van der Waals surface area contributed by atoms with Crippen molar-refractivity contribution in [2.45, 2.75) is 11.8 Å². The van der Waals surface area contributed by atoms with Gasteiger partial charge in [-0.3, -0.25) is 20.2 Å². The number of hydrogen-bond acceptors (Lipinski definition) is 7. The summed E-state index contributed by atoms with van der Waals surface area (Å²) < 4.78 is 25.8. The zero-order valence-electron chi connectivity index (χ0n) is 16.6. The molecule has 3 rings (SSSR count). The molecule has 0 saturated heterocycles. The van der Waals surface area contributed by atoms with Gasteiger partial charge in [-0.05, 0) is 25.1 Å². The summed E-state index contributed by atoms with van der Waals surface area (Å²) in [5.41, 5.74) is 1.61. The molecule has 0 atom stereocenters. The third-order valence-corrected chi connectivity index (χ3v) is 7.43. The summed E-state index contributed by atoms with van der Waals surface area (Å²) in [5.74, 6) is -0.567. The number of aromatic nitrogens is 1. The number of rotatable bonds is 6. The number of hydrogen-bond donors (Lipinski definition) is 1. The molecule has 1 N–H and O–H groups in total. The Kier molecular flexibility index (Phi) is 6.41. The van der Waals surface area contributed by atoms with Crippen LogP contribution in [0.25, 0.3) is 11.3 Å². The van der Waals surface area contributed by atoms with Crippen molar-refractivity contribution in [1.29, 1.82) is 0 Å². The van der Waals surface area contributed by atoms with E-state index in [-0.39, 0.29) is 26.3 Å². The molecule has 31 heavy (non-hydrogen) atoms. The number of nitrogens with zero attached hydrogens (tertiary/aromatic N) is 3. The molecule has 0 unspecified atom stereocenters. The average molecular weight is 481 g/mol. The van der Waals surface area contributed by atoms with Gasteiger partial charge in [0.2, 0.25) is 10.0 Å². The molecule has 0 radical (unpaired) electrons. The summed E-state index contributed by atoms with van der Waals surface area (Å²) >= 11 is 7.15. The van der Waals surface area contributed by atoms with E-state index >= 15 is 0 Å². The molecule has 162 valence electrons. The number of nitro benzene ring substituents is 1. The molecule has 0 fully saturated rings. The molecule has 3 aromatic rings. The smallest absolute Gasteiger partial charge is 0.272 e. The number of nitrogens with one attached hydrogen (secondary N) is 1. The second-order valence-corrected chi connectivity index (χ2v) is 10.1. The van der Waals surface area contributed by atoms with Gasteiger partial charge in [0.1, 0.15) is 4.90 Å². The maximum absolute atomic E-state index is 12.6. The van der Waals surface area contributed by atoms with E-state index in [0.717, 1.165) is 15.6 Å². The lowest BCUT2D eigenvalue weighted by atomic mass is 10.1. The van der Waals surface area contributed by atoms with E-state index in [2.05, 4.69) is 10.3 Å². The van der Waals surface area contributed by atoms with E-state index in [1.807, 2.05) is 0 Å². The number of anilines is 1. The van der Waals surface area contributed by atoms with Crippen LogP contribution in [0.2, 0.25) is 5.02 Å². The van der Waals surface area contributed by atoms with E-state index in [1.165, 1.54) is 38.4 Å². The Balaban J connectivity index is 1.86. The van der Waals surface area contributed by atoms with Gasteiger partial charge in [-0.15, -0.1) is 11.3 Å². The second kappa shape index (κ2) is 8.71. The highest BCUT2D eigenvalue weighted by molar-refractivity contribution is 7.89. The first kappa shape index (κ1) is 22.8. The van der Waals surface area contributed by atoms with Crippen molar-refractivity contribution in [2.75, 3.05) is 19.4 Å². The van der Waals surface area contributed by atoms with Crippen LogP contribution < -0.4 is 5.32 Å². The first-order chi connectivity index (χ1) is 14.5. The molecule has 2 aromatic carbocycles. The minimum atomic E-state index is -3.83. The van der Waals surface area contributed by atoms with Crippen molar-refractivity contribution < 1.29 is 18.1 Å². The van der Waals surface area contributed by atoms with Gasteiger partial charge in [0.15, 0.2) is 5.13 Å². The number of amides is 1. The van der Waals surface area contributed by atoms with Gasteiger partial charge >= 0.3 is 0 Å².